The van der Waals surface area contributed by atoms with Crippen LogP contribution in [0.3, 0.4) is 0 Å². The first-order valence-corrected chi connectivity index (χ1v) is 8.23. The molecule has 2 aromatic carbocycles. The molecule has 0 aliphatic rings. The molecule has 0 atom stereocenters. The zero-order valence-corrected chi connectivity index (χ0v) is 14.7. The Morgan fingerprint density at radius 3 is 2.50 bits per heavy atom. The number of carbonyl (C=O) groups excluding carboxylic acids is 1. The lowest BCUT2D eigenvalue weighted by Crippen LogP contribution is -2.07. The van der Waals surface area contributed by atoms with Crippen LogP contribution in [0.2, 0.25) is 0 Å². The van der Waals surface area contributed by atoms with E-state index in [0.29, 0.717) is 18.3 Å². The van der Waals surface area contributed by atoms with Crippen molar-refractivity contribution in [1.29, 1.82) is 0 Å². The molecule has 3 rings (SSSR count). The first-order valence-electron chi connectivity index (χ1n) is 8.23. The summed E-state index contributed by atoms with van der Waals surface area (Å²) in [5.74, 6) is 0.929. The van der Waals surface area contributed by atoms with Crippen LogP contribution >= 0.6 is 0 Å². The van der Waals surface area contributed by atoms with Gasteiger partial charge in [-0.1, -0.05) is 24.3 Å². The number of amides is 1. The van der Waals surface area contributed by atoms with Crippen LogP contribution in [0.25, 0.3) is 0 Å². The predicted molar refractivity (Wildman–Crippen MR) is 102 cm³/mol. The van der Waals surface area contributed by atoms with E-state index in [1.807, 2.05) is 24.3 Å². The van der Waals surface area contributed by atoms with Gasteiger partial charge in [0.05, 0.1) is 6.20 Å². The number of aromatic nitrogens is 3. The van der Waals surface area contributed by atoms with Gasteiger partial charge in [0.2, 0.25) is 11.9 Å². The third-order valence-electron chi connectivity index (χ3n) is 3.74. The Morgan fingerprint density at radius 2 is 1.77 bits per heavy atom. The molecule has 3 N–H and O–H groups in total. The number of nitrogens with one attached hydrogen (secondary N) is 3. The van der Waals surface area contributed by atoms with Gasteiger partial charge in [-0.25, -0.2) is 0 Å². The number of nitrogens with zero attached hydrogens (tertiary/aromatic N) is 3. The van der Waals surface area contributed by atoms with Crippen LogP contribution < -0.4 is 16.0 Å². The molecule has 0 bridgehead atoms. The Morgan fingerprint density at radius 1 is 1.04 bits per heavy atom. The molecule has 0 unspecified atom stereocenters. The summed E-state index contributed by atoms with van der Waals surface area (Å²) in [4.78, 5) is 15.5. The maximum atomic E-state index is 11.0. The zero-order chi connectivity index (χ0) is 18.4. The number of hydrogen-bond acceptors (Lipinski definition) is 6. The number of hydrogen-bond donors (Lipinski definition) is 3. The average Bonchev–Trinajstić information content (AvgIpc) is 2.63. The van der Waals surface area contributed by atoms with Gasteiger partial charge in [-0.15, -0.1) is 5.10 Å². The van der Waals surface area contributed by atoms with E-state index in [1.54, 1.807) is 18.3 Å². The van der Waals surface area contributed by atoms with Crippen molar-refractivity contribution in [3.63, 3.8) is 0 Å². The summed E-state index contributed by atoms with van der Waals surface area (Å²) in [6.07, 6.45) is 1.59. The Hall–Kier alpha value is -3.48. The molecule has 7 heteroatoms. The van der Waals surface area contributed by atoms with Gasteiger partial charge in [-0.3, -0.25) is 4.79 Å². The first-order chi connectivity index (χ1) is 12.6. The highest BCUT2D eigenvalue weighted by Crippen LogP contribution is 2.17. The standard InChI is InChI=1S/C19H20N6O/c1-13-5-3-4-6-15(13)11-20-18-12-21-25-19(24-18)23-17-9-7-16(8-10-17)22-14(2)26/h3-10,12H,11H2,1-2H3,(H,22,26)(H2,20,23,24,25). The Bertz CT molecular complexity index is 895. The van der Waals surface area contributed by atoms with E-state index >= 15 is 0 Å². The fraction of sp³-hybridized carbons (Fsp3) is 0.158. The van der Waals surface area contributed by atoms with Gasteiger partial charge >= 0.3 is 0 Å². The van der Waals surface area contributed by atoms with Crippen LogP contribution in [0, 0.1) is 6.92 Å². The van der Waals surface area contributed by atoms with Gasteiger partial charge in [0.25, 0.3) is 0 Å². The largest absolute Gasteiger partial charge is 0.365 e. The lowest BCUT2D eigenvalue weighted by Gasteiger charge is -2.09. The van der Waals surface area contributed by atoms with Gasteiger partial charge in [-0.2, -0.15) is 10.1 Å². The molecule has 1 aromatic heterocycles. The molecule has 7 nitrogen and oxygen atoms in total. The Kier molecular flexibility index (Phi) is 5.38. The maximum Gasteiger partial charge on any atom is 0.249 e. The molecule has 0 spiro atoms. The highest BCUT2D eigenvalue weighted by atomic mass is 16.1. The fourth-order valence-corrected chi connectivity index (χ4v) is 2.41. The summed E-state index contributed by atoms with van der Waals surface area (Å²) in [6, 6.07) is 15.5. The second kappa shape index (κ2) is 8.06. The van der Waals surface area contributed by atoms with Crippen LogP contribution in [0.1, 0.15) is 18.1 Å². The number of rotatable bonds is 6. The maximum absolute atomic E-state index is 11.0. The summed E-state index contributed by atoms with van der Waals surface area (Å²) >= 11 is 0. The monoisotopic (exact) mass is 348 g/mol. The van der Waals surface area contributed by atoms with Crippen molar-refractivity contribution in [2.45, 2.75) is 20.4 Å². The second-order valence-corrected chi connectivity index (χ2v) is 5.83. The molecule has 0 saturated carbocycles. The van der Waals surface area contributed by atoms with E-state index in [-0.39, 0.29) is 5.91 Å². The predicted octanol–water partition coefficient (Wildman–Crippen LogP) is 3.49. The lowest BCUT2D eigenvalue weighted by atomic mass is 10.1. The van der Waals surface area contributed by atoms with Gasteiger partial charge in [0.1, 0.15) is 0 Å². The zero-order valence-electron chi connectivity index (χ0n) is 14.7. The van der Waals surface area contributed by atoms with Crippen LogP contribution in [0.5, 0.6) is 0 Å². The van der Waals surface area contributed by atoms with Crippen molar-refractivity contribution in [3.8, 4) is 0 Å². The molecule has 0 aliphatic heterocycles. The van der Waals surface area contributed by atoms with Crippen LogP contribution in [-0.2, 0) is 11.3 Å². The summed E-state index contributed by atoms with van der Waals surface area (Å²) in [5, 5.41) is 17.1. The molecule has 26 heavy (non-hydrogen) atoms. The van der Waals surface area contributed by atoms with Gasteiger partial charge in [0, 0.05) is 24.8 Å². The topological polar surface area (TPSA) is 91.8 Å². The van der Waals surface area contributed by atoms with Crippen LogP contribution in [0.15, 0.2) is 54.7 Å². The molecule has 0 fully saturated rings. The molecular formula is C19H20N6O. The van der Waals surface area contributed by atoms with E-state index in [9.17, 15) is 4.79 Å². The number of aryl methyl sites for hydroxylation is 1. The molecule has 0 radical (unpaired) electrons. The van der Waals surface area contributed by atoms with Crippen molar-refractivity contribution in [2.75, 3.05) is 16.0 Å². The van der Waals surface area contributed by atoms with Crippen molar-refractivity contribution in [1.82, 2.24) is 15.2 Å². The first kappa shape index (κ1) is 17.3. The van der Waals surface area contributed by atoms with Gasteiger partial charge < -0.3 is 16.0 Å². The normalized spacial score (nSPS) is 10.2. The Labute approximate surface area is 151 Å². The van der Waals surface area contributed by atoms with Crippen molar-refractivity contribution in [2.24, 2.45) is 0 Å². The Balaban J connectivity index is 1.63. The number of anilines is 4. The summed E-state index contributed by atoms with van der Waals surface area (Å²) in [5.41, 5.74) is 3.96. The quantitative estimate of drug-likeness (QED) is 0.631. The van der Waals surface area contributed by atoms with Gasteiger partial charge in [0.15, 0.2) is 5.82 Å². The highest BCUT2D eigenvalue weighted by Gasteiger charge is 2.03. The van der Waals surface area contributed by atoms with E-state index in [2.05, 4.69) is 50.2 Å². The minimum absolute atomic E-state index is 0.106. The van der Waals surface area contributed by atoms with Crippen LogP contribution in [0.4, 0.5) is 23.1 Å². The van der Waals surface area contributed by atoms with Gasteiger partial charge in [-0.05, 0) is 42.3 Å². The summed E-state index contributed by atoms with van der Waals surface area (Å²) in [7, 11) is 0. The van der Waals surface area contributed by atoms with Crippen molar-refractivity contribution < 1.29 is 4.79 Å². The smallest absolute Gasteiger partial charge is 0.249 e. The fourth-order valence-electron chi connectivity index (χ4n) is 2.41. The lowest BCUT2D eigenvalue weighted by molar-refractivity contribution is -0.114. The summed E-state index contributed by atoms with van der Waals surface area (Å²) in [6.45, 7) is 4.21. The average molecular weight is 348 g/mol. The minimum Gasteiger partial charge on any atom is -0.365 e. The molecule has 3 aromatic rings. The molecule has 1 amide bonds. The van der Waals surface area contributed by atoms with Crippen molar-refractivity contribution in [3.05, 3.63) is 65.9 Å². The summed E-state index contributed by atoms with van der Waals surface area (Å²) < 4.78 is 0. The van der Waals surface area contributed by atoms with E-state index in [4.69, 9.17) is 0 Å². The third kappa shape index (κ3) is 4.76. The van der Waals surface area contributed by atoms with E-state index in [1.165, 1.54) is 18.1 Å². The molecule has 0 saturated heterocycles. The highest BCUT2D eigenvalue weighted by molar-refractivity contribution is 5.88. The van der Waals surface area contributed by atoms with E-state index in [0.717, 1.165) is 11.4 Å². The SMILES string of the molecule is CC(=O)Nc1ccc(Nc2nncc(NCc3ccccc3C)n2)cc1. The van der Waals surface area contributed by atoms with E-state index < -0.39 is 0 Å². The molecule has 132 valence electrons. The number of benzene rings is 2. The second-order valence-electron chi connectivity index (χ2n) is 5.83. The minimum atomic E-state index is -0.106. The number of carbonyl (C=O) groups is 1. The molecular weight excluding hydrogens is 328 g/mol. The van der Waals surface area contributed by atoms with Crippen LogP contribution in [-0.4, -0.2) is 21.1 Å². The third-order valence-corrected chi connectivity index (χ3v) is 3.74. The molecule has 1 heterocycles. The van der Waals surface area contributed by atoms with Crippen molar-refractivity contribution >= 4 is 29.0 Å². The molecule has 0 aliphatic carbocycles.